The van der Waals surface area contributed by atoms with Gasteiger partial charge in [0, 0.05) is 10.6 Å². The van der Waals surface area contributed by atoms with Gasteiger partial charge in [0.1, 0.15) is 5.60 Å². The van der Waals surface area contributed by atoms with Crippen molar-refractivity contribution in [2.24, 2.45) is 0 Å². The van der Waals surface area contributed by atoms with E-state index in [-0.39, 0.29) is 22.8 Å². The smallest absolute Gasteiger partial charge is 0.316 e. The molecule has 0 heterocycles. The Labute approximate surface area is 129 Å². The van der Waals surface area contributed by atoms with E-state index >= 15 is 0 Å². The standard InChI is InChI=1S/C15H19ClO3S/c1-10(20-9-13(17)19-15(2,3)4)14(18)11-6-5-7-12(16)8-11/h5-8,10H,9H2,1-4H3. The summed E-state index contributed by atoms with van der Waals surface area (Å²) in [5.74, 6) is -0.195. The lowest BCUT2D eigenvalue weighted by molar-refractivity contribution is -0.151. The molecule has 0 amide bonds. The number of benzene rings is 1. The molecule has 5 heteroatoms. The molecular weight excluding hydrogens is 296 g/mol. The lowest BCUT2D eigenvalue weighted by Crippen LogP contribution is -2.26. The van der Waals surface area contributed by atoms with E-state index in [1.807, 2.05) is 20.8 Å². The maximum Gasteiger partial charge on any atom is 0.316 e. The van der Waals surface area contributed by atoms with Gasteiger partial charge in [-0.2, -0.15) is 0 Å². The van der Waals surface area contributed by atoms with Crippen molar-refractivity contribution in [2.75, 3.05) is 5.75 Å². The molecule has 0 fully saturated rings. The summed E-state index contributed by atoms with van der Waals surface area (Å²) in [6, 6.07) is 6.81. The van der Waals surface area contributed by atoms with Crippen molar-refractivity contribution in [3.63, 3.8) is 0 Å². The summed E-state index contributed by atoms with van der Waals surface area (Å²) in [7, 11) is 0. The van der Waals surface area contributed by atoms with Gasteiger partial charge < -0.3 is 4.74 Å². The van der Waals surface area contributed by atoms with Crippen LogP contribution < -0.4 is 0 Å². The molecule has 0 aliphatic heterocycles. The van der Waals surface area contributed by atoms with Crippen LogP contribution in [0.2, 0.25) is 5.02 Å². The third-order valence-electron chi connectivity index (χ3n) is 2.35. The van der Waals surface area contributed by atoms with Gasteiger partial charge in [0.25, 0.3) is 0 Å². The second kappa shape index (κ2) is 7.14. The van der Waals surface area contributed by atoms with E-state index in [0.717, 1.165) is 0 Å². The molecule has 0 N–H and O–H groups in total. The van der Waals surface area contributed by atoms with Crippen LogP contribution in [0.15, 0.2) is 24.3 Å². The van der Waals surface area contributed by atoms with Gasteiger partial charge >= 0.3 is 5.97 Å². The monoisotopic (exact) mass is 314 g/mol. The van der Waals surface area contributed by atoms with Crippen LogP contribution in [0.5, 0.6) is 0 Å². The Balaban J connectivity index is 2.53. The topological polar surface area (TPSA) is 43.4 Å². The summed E-state index contributed by atoms with van der Waals surface area (Å²) in [5.41, 5.74) is 0.0550. The fraction of sp³-hybridized carbons (Fsp3) is 0.467. The van der Waals surface area contributed by atoms with E-state index in [1.54, 1.807) is 31.2 Å². The first-order valence-electron chi connectivity index (χ1n) is 6.32. The maximum absolute atomic E-state index is 12.2. The molecule has 1 aromatic rings. The largest absolute Gasteiger partial charge is 0.459 e. The van der Waals surface area contributed by atoms with Crippen LogP contribution in [0.4, 0.5) is 0 Å². The molecule has 0 aromatic heterocycles. The predicted octanol–water partition coefficient (Wildman–Crippen LogP) is 3.99. The summed E-state index contributed by atoms with van der Waals surface area (Å²) in [5, 5.41) is 0.209. The van der Waals surface area contributed by atoms with Crippen LogP contribution >= 0.6 is 23.4 Å². The minimum Gasteiger partial charge on any atom is -0.459 e. The summed E-state index contributed by atoms with van der Waals surface area (Å²) in [6.07, 6.45) is 0. The summed E-state index contributed by atoms with van der Waals surface area (Å²) < 4.78 is 5.20. The van der Waals surface area contributed by atoms with Crippen LogP contribution in [0.25, 0.3) is 0 Å². The molecule has 1 aromatic carbocycles. The third kappa shape index (κ3) is 5.97. The highest BCUT2D eigenvalue weighted by molar-refractivity contribution is 8.01. The van der Waals surface area contributed by atoms with E-state index in [0.29, 0.717) is 10.6 Å². The maximum atomic E-state index is 12.2. The van der Waals surface area contributed by atoms with Crippen LogP contribution in [0.3, 0.4) is 0 Å². The second-order valence-corrected chi connectivity index (χ2v) is 7.18. The van der Waals surface area contributed by atoms with Crippen molar-refractivity contribution < 1.29 is 14.3 Å². The van der Waals surface area contributed by atoms with E-state index in [1.165, 1.54) is 11.8 Å². The number of thioether (sulfide) groups is 1. The number of Topliss-reactive ketones (excluding diaryl/α,β-unsaturated/α-hetero) is 1. The van der Waals surface area contributed by atoms with E-state index < -0.39 is 5.60 Å². The van der Waals surface area contributed by atoms with Gasteiger partial charge in [0.2, 0.25) is 0 Å². The van der Waals surface area contributed by atoms with Crippen LogP contribution in [-0.4, -0.2) is 28.4 Å². The molecule has 1 atom stereocenters. The Morgan fingerprint density at radius 1 is 1.35 bits per heavy atom. The molecule has 3 nitrogen and oxygen atoms in total. The average Bonchev–Trinajstić information content (AvgIpc) is 2.33. The van der Waals surface area contributed by atoms with E-state index in [9.17, 15) is 9.59 Å². The molecule has 110 valence electrons. The lowest BCUT2D eigenvalue weighted by Gasteiger charge is -2.19. The number of carbonyl (C=O) groups is 2. The molecule has 0 saturated carbocycles. The first kappa shape index (κ1) is 17.1. The number of rotatable bonds is 5. The highest BCUT2D eigenvalue weighted by atomic mass is 35.5. The molecule has 0 bridgehead atoms. The zero-order valence-corrected chi connectivity index (χ0v) is 13.7. The molecule has 0 aliphatic carbocycles. The number of halogens is 1. The second-order valence-electron chi connectivity index (χ2n) is 5.41. The van der Waals surface area contributed by atoms with Gasteiger partial charge in [0.05, 0.1) is 11.0 Å². The predicted molar refractivity (Wildman–Crippen MR) is 83.5 cm³/mol. The van der Waals surface area contributed by atoms with E-state index in [2.05, 4.69) is 0 Å². The minimum absolute atomic E-state index is 0.0407. The van der Waals surface area contributed by atoms with Crippen LogP contribution in [0, 0.1) is 0 Å². The normalized spacial score (nSPS) is 12.8. The summed E-state index contributed by atoms with van der Waals surface area (Å²) in [6.45, 7) is 7.22. The molecule has 1 unspecified atom stereocenters. The van der Waals surface area contributed by atoms with Crippen molar-refractivity contribution in [3.05, 3.63) is 34.9 Å². The highest BCUT2D eigenvalue weighted by Gasteiger charge is 2.20. The van der Waals surface area contributed by atoms with Gasteiger partial charge in [-0.05, 0) is 39.8 Å². The molecule has 20 heavy (non-hydrogen) atoms. The van der Waals surface area contributed by atoms with Crippen LogP contribution in [-0.2, 0) is 9.53 Å². The highest BCUT2D eigenvalue weighted by Crippen LogP contribution is 2.20. The summed E-state index contributed by atoms with van der Waals surface area (Å²) >= 11 is 7.13. The van der Waals surface area contributed by atoms with Gasteiger partial charge in [-0.25, -0.2) is 0 Å². The van der Waals surface area contributed by atoms with Crippen LogP contribution in [0.1, 0.15) is 38.1 Å². The Bertz CT molecular complexity index is 494. The zero-order valence-electron chi connectivity index (χ0n) is 12.1. The fourth-order valence-corrected chi connectivity index (χ4v) is 2.44. The number of hydrogen-bond donors (Lipinski definition) is 0. The first-order valence-corrected chi connectivity index (χ1v) is 7.75. The molecule has 0 aliphatic rings. The number of esters is 1. The van der Waals surface area contributed by atoms with Crippen molar-refractivity contribution >= 4 is 35.1 Å². The molecular formula is C15H19ClO3S. The summed E-state index contributed by atoms with van der Waals surface area (Å²) in [4.78, 5) is 23.8. The Kier molecular flexibility index (Phi) is 6.08. The minimum atomic E-state index is -0.502. The average molecular weight is 315 g/mol. The van der Waals surface area contributed by atoms with Gasteiger partial charge in [-0.15, -0.1) is 11.8 Å². The molecule has 0 radical (unpaired) electrons. The number of hydrogen-bond acceptors (Lipinski definition) is 4. The Hall–Kier alpha value is -1.00. The van der Waals surface area contributed by atoms with Gasteiger partial charge in [0.15, 0.2) is 5.78 Å². The van der Waals surface area contributed by atoms with Crippen molar-refractivity contribution in [1.29, 1.82) is 0 Å². The molecule has 0 spiro atoms. The SMILES string of the molecule is CC(SCC(=O)OC(C)(C)C)C(=O)c1cccc(Cl)c1. The first-order chi connectivity index (χ1) is 9.19. The number of carbonyl (C=O) groups excluding carboxylic acids is 2. The number of ether oxygens (including phenoxy) is 1. The third-order valence-corrected chi connectivity index (χ3v) is 3.70. The quantitative estimate of drug-likeness (QED) is 0.609. The zero-order chi connectivity index (χ0) is 15.3. The van der Waals surface area contributed by atoms with Crippen molar-refractivity contribution in [1.82, 2.24) is 0 Å². The fourth-order valence-electron chi connectivity index (χ4n) is 1.52. The number of ketones is 1. The Morgan fingerprint density at radius 3 is 2.55 bits per heavy atom. The van der Waals surface area contributed by atoms with E-state index in [4.69, 9.17) is 16.3 Å². The Morgan fingerprint density at radius 2 is 2.00 bits per heavy atom. The van der Waals surface area contributed by atoms with Crippen molar-refractivity contribution in [2.45, 2.75) is 38.5 Å². The molecule has 1 rings (SSSR count). The van der Waals surface area contributed by atoms with Gasteiger partial charge in [-0.3, -0.25) is 9.59 Å². The van der Waals surface area contributed by atoms with Gasteiger partial charge in [-0.1, -0.05) is 23.7 Å². The lowest BCUT2D eigenvalue weighted by atomic mass is 10.1. The molecule has 0 saturated heterocycles. The van der Waals surface area contributed by atoms with Crippen molar-refractivity contribution in [3.8, 4) is 0 Å².